The Hall–Kier alpha value is -2.06. The third-order valence-corrected chi connectivity index (χ3v) is 4.27. The van der Waals surface area contributed by atoms with Crippen LogP contribution in [0.25, 0.3) is 0 Å². The van der Waals surface area contributed by atoms with Crippen molar-refractivity contribution in [2.24, 2.45) is 0 Å². The Morgan fingerprint density at radius 3 is 2.08 bits per heavy atom. The van der Waals surface area contributed by atoms with Gasteiger partial charge >= 0.3 is 13.1 Å². The maximum atomic E-state index is 13.2. The van der Waals surface area contributed by atoms with Gasteiger partial charge in [-0.2, -0.15) is 0 Å². The SMILES string of the molecule is CC1(C)OB(c2cnc(Oc3ccc(F)c(F)c3)nc2)OC1(C)C. The average molecular weight is 334 g/mol. The maximum absolute atomic E-state index is 13.2. The zero-order valence-electron chi connectivity index (χ0n) is 13.8. The van der Waals surface area contributed by atoms with Crippen LogP contribution in [-0.2, 0) is 9.31 Å². The molecule has 1 aromatic heterocycles. The third-order valence-electron chi connectivity index (χ3n) is 4.27. The van der Waals surface area contributed by atoms with Crippen molar-refractivity contribution in [1.29, 1.82) is 0 Å². The normalized spacial score (nSPS) is 18.7. The number of hydrogen-bond acceptors (Lipinski definition) is 5. The highest BCUT2D eigenvalue weighted by Crippen LogP contribution is 2.36. The molecule has 0 saturated carbocycles. The van der Waals surface area contributed by atoms with Crippen molar-refractivity contribution < 1.29 is 22.8 Å². The number of nitrogens with zero attached hydrogens (tertiary/aromatic N) is 2. The fourth-order valence-corrected chi connectivity index (χ4v) is 2.13. The highest BCUT2D eigenvalue weighted by molar-refractivity contribution is 6.61. The molecule has 0 aliphatic carbocycles. The van der Waals surface area contributed by atoms with Gasteiger partial charge in [0.2, 0.25) is 0 Å². The molecule has 1 aliphatic rings. The highest BCUT2D eigenvalue weighted by atomic mass is 19.2. The number of rotatable bonds is 3. The van der Waals surface area contributed by atoms with Gasteiger partial charge in [-0.05, 0) is 39.8 Å². The summed E-state index contributed by atoms with van der Waals surface area (Å²) in [5.41, 5.74) is -0.275. The number of hydrogen-bond donors (Lipinski definition) is 0. The minimum Gasteiger partial charge on any atom is -0.424 e. The lowest BCUT2D eigenvalue weighted by Gasteiger charge is -2.32. The fourth-order valence-electron chi connectivity index (χ4n) is 2.13. The summed E-state index contributed by atoms with van der Waals surface area (Å²) in [7, 11) is -0.577. The fraction of sp³-hybridized carbons (Fsp3) is 0.375. The molecule has 0 unspecified atom stereocenters. The van der Waals surface area contributed by atoms with E-state index >= 15 is 0 Å². The molecular weight excluding hydrogens is 317 g/mol. The van der Waals surface area contributed by atoms with Gasteiger partial charge in [0.1, 0.15) is 5.75 Å². The van der Waals surface area contributed by atoms with Crippen LogP contribution in [0.2, 0.25) is 0 Å². The van der Waals surface area contributed by atoms with Crippen LogP contribution in [0.4, 0.5) is 8.78 Å². The molecule has 1 fully saturated rings. The topological polar surface area (TPSA) is 53.5 Å². The molecular formula is C16H17BF2N2O3. The zero-order chi connectivity index (χ0) is 17.5. The smallest absolute Gasteiger partial charge is 0.424 e. The van der Waals surface area contributed by atoms with Crippen LogP contribution in [0.5, 0.6) is 11.8 Å². The summed E-state index contributed by atoms with van der Waals surface area (Å²) in [5, 5.41) is 0. The second-order valence-electron chi connectivity index (χ2n) is 6.57. The van der Waals surface area contributed by atoms with E-state index in [-0.39, 0.29) is 11.8 Å². The Morgan fingerprint density at radius 1 is 0.958 bits per heavy atom. The van der Waals surface area contributed by atoms with Gasteiger partial charge in [0.05, 0.1) is 11.2 Å². The van der Waals surface area contributed by atoms with E-state index in [1.807, 2.05) is 27.7 Å². The van der Waals surface area contributed by atoms with E-state index in [0.717, 1.165) is 12.1 Å². The summed E-state index contributed by atoms with van der Waals surface area (Å²) in [5.74, 6) is -1.84. The molecule has 0 amide bonds. The van der Waals surface area contributed by atoms with E-state index in [9.17, 15) is 8.78 Å². The summed E-state index contributed by atoms with van der Waals surface area (Å²) in [6.07, 6.45) is 3.04. The van der Waals surface area contributed by atoms with Gasteiger partial charge in [-0.3, -0.25) is 0 Å². The van der Waals surface area contributed by atoms with E-state index in [0.29, 0.717) is 5.46 Å². The molecule has 1 aliphatic heterocycles. The van der Waals surface area contributed by atoms with Gasteiger partial charge in [0, 0.05) is 23.9 Å². The van der Waals surface area contributed by atoms with Crippen molar-refractivity contribution in [1.82, 2.24) is 9.97 Å². The molecule has 0 spiro atoms. The zero-order valence-corrected chi connectivity index (χ0v) is 13.8. The van der Waals surface area contributed by atoms with Crippen LogP contribution in [-0.4, -0.2) is 28.3 Å². The van der Waals surface area contributed by atoms with E-state index in [2.05, 4.69) is 9.97 Å². The third kappa shape index (κ3) is 3.11. The molecule has 3 rings (SSSR count). The van der Waals surface area contributed by atoms with Crippen molar-refractivity contribution in [3.8, 4) is 11.8 Å². The van der Waals surface area contributed by atoms with Crippen LogP contribution < -0.4 is 10.2 Å². The molecule has 0 atom stereocenters. The Balaban J connectivity index is 1.73. The second-order valence-corrected chi connectivity index (χ2v) is 6.57. The van der Waals surface area contributed by atoms with Crippen molar-refractivity contribution in [2.75, 3.05) is 0 Å². The average Bonchev–Trinajstić information content (AvgIpc) is 2.72. The largest absolute Gasteiger partial charge is 0.498 e. The number of benzene rings is 1. The first-order valence-electron chi connectivity index (χ1n) is 7.48. The Kier molecular flexibility index (Phi) is 4.05. The molecule has 24 heavy (non-hydrogen) atoms. The van der Waals surface area contributed by atoms with Crippen molar-refractivity contribution >= 4 is 12.6 Å². The Bertz CT molecular complexity index is 737. The molecule has 0 bridgehead atoms. The molecule has 1 saturated heterocycles. The predicted octanol–water partition coefficient (Wildman–Crippen LogP) is 2.85. The minimum absolute atomic E-state index is 0.0151. The van der Waals surface area contributed by atoms with Gasteiger partial charge in [0.25, 0.3) is 0 Å². The Labute approximate surface area is 139 Å². The lowest BCUT2D eigenvalue weighted by Crippen LogP contribution is -2.41. The van der Waals surface area contributed by atoms with E-state index in [1.165, 1.54) is 18.5 Å². The van der Waals surface area contributed by atoms with E-state index in [1.54, 1.807) is 0 Å². The summed E-state index contributed by atoms with van der Waals surface area (Å²) in [4.78, 5) is 8.11. The summed E-state index contributed by atoms with van der Waals surface area (Å²) < 4.78 is 43.2. The maximum Gasteiger partial charge on any atom is 0.498 e. The molecule has 8 heteroatoms. The molecule has 1 aromatic carbocycles. The molecule has 126 valence electrons. The van der Waals surface area contributed by atoms with E-state index < -0.39 is 30.0 Å². The number of halogens is 2. The van der Waals surface area contributed by atoms with Crippen LogP contribution in [0.1, 0.15) is 27.7 Å². The summed E-state index contributed by atoms with van der Waals surface area (Å²) in [6.45, 7) is 7.81. The van der Waals surface area contributed by atoms with Crippen LogP contribution >= 0.6 is 0 Å². The summed E-state index contributed by atoms with van der Waals surface area (Å²) >= 11 is 0. The molecule has 0 N–H and O–H groups in total. The standard InChI is InChI=1S/C16H17BF2N2O3/c1-15(2)16(3,4)24-17(23-15)10-8-20-14(21-9-10)22-11-5-6-12(18)13(19)7-11/h5-9H,1-4H3. The van der Waals surface area contributed by atoms with Crippen molar-refractivity contribution in [3.63, 3.8) is 0 Å². The van der Waals surface area contributed by atoms with Crippen LogP contribution in [0.15, 0.2) is 30.6 Å². The quantitative estimate of drug-likeness (QED) is 0.808. The van der Waals surface area contributed by atoms with Crippen LogP contribution in [0, 0.1) is 11.6 Å². The molecule has 2 heterocycles. The highest BCUT2D eigenvalue weighted by Gasteiger charge is 2.51. The molecule has 2 aromatic rings. The first-order chi connectivity index (χ1) is 11.2. The Morgan fingerprint density at radius 2 is 1.54 bits per heavy atom. The second kappa shape index (κ2) is 5.79. The molecule has 0 radical (unpaired) electrons. The first-order valence-corrected chi connectivity index (χ1v) is 7.48. The van der Waals surface area contributed by atoms with Gasteiger partial charge in [0.15, 0.2) is 11.6 Å². The van der Waals surface area contributed by atoms with Gasteiger partial charge in [-0.1, -0.05) is 0 Å². The van der Waals surface area contributed by atoms with Gasteiger partial charge in [-0.15, -0.1) is 0 Å². The predicted molar refractivity (Wildman–Crippen MR) is 84.2 cm³/mol. The lowest BCUT2D eigenvalue weighted by atomic mass is 9.81. The molecule has 5 nitrogen and oxygen atoms in total. The number of ether oxygens (including phenoxy) is 1. The first kappa shape index (κ1) is 16.8. The number of aromatic nitrogens is 2. The van der Waals surface area contributed by atoms with E-state index in [4.69, 9.17) is 14.0 Å². The minimum atomic E-state index is -0.999. The van der Waals surface area contributed by atoms with Gasteiger partial charge < -0.3 is 14.0 Å². The van der Waals surface area contributed by atoms with Crippen molar-refractivity contribution in [2.45, 2.75) is 38.9 Å². The van der Waals surface area contributed by atoms with Crippen molar-refractivity contribution in [3.05, 3.63) is 42.2 Å². The van der Waals surface area contributed by atoms with Crippen LogP contribution in [0.3, 0.4) is 0 Å². The lowest BCUT2D eigenvalue weighted by molar-refractivity contribution is 0.00578. The monoisotopic (exact) mass is 334 g/mol. The van der Waals surface area contributed by atoms with Gasteiger partial charge in [-0.25, -0.2) is 18.7 Å². The summed E-state index contributed by atoms with van der Waals surface area (Å²) in [6, 6.07) is 3.22.